The Kier molecular flexibility index (Phi) is 4.25. The molecule has 1 N–H and O–H groups in total. The summed E-state index contributed by atoms with van der Waals surface area (Å²) in [7, 11) is 0. The quantitative estimate of drug-likeness (QED) is 0.825. The van der Waals surface area contributed by atoms with Crippen molar-refractivity contribution < 1.29 is 9.59 Å². The molecular formula is C14H24N2O2. The fraction of sp³-hybridized carbons (Fsp3) is 0.857. The molecule has 1 saturated heterocycles. The second-order valence-corrected chi connectivity index (χ2v) is 6.02. The van der Waals surface area contributed by atoms with E-state index in [9.17, 15) is 9.59 Å². The lowest BCUT2D eigenvalue weighted by Gasteiger charge is -2.23. The second-order valence-electron chi connectivity index (χ2n) is 6.02. The zero-order chi connectivity index (χ0) is 13.1. The van der Waals surface area contributed by atoms with E-state index in [0.29, 0.717) is 31.5 Å². The summed E-state index contributed by atoms with van der Waals surface area (Å²) in [6.45, 7) is 5.48. The molecule has 1 saturated carbocycles. The molecule has 4 heteroatoms. The van der Waals surface area contributed by atoms with E-state index in [1.165, 1.54) is 12.8 Å². The topological polar surface area (TPSA) is 49.4 Å². The van der Waals surface area contributed by atoms with Gasteiger partial charge in [0.05, 0.1) is 5.92 Å². The van der Waals surface area contributed by atoms with Crippen LogP contribution in [0.4, 0.5) is 0 Å². The van der Waals surface area contributed by atoms with Gasteiger partial charge in [0.1, 0.15) is 0 Å². The standard InChI is InChI=1S/C14H24N2O2/c1-10(2)8-15-14(18)11-7-13(17)16(9-11)12-5-3-4-6-12/h10-12H,3-9H2,1-2H3,(H,15,18). The first-order valence-electron chi connectivity index (χ1n) is 7.15. The van der Waals surface area contributed by atoms with Gasteiger partial charge in [0, 0.05) is 25.6 Å². The molecule has 1 aliphatic heterocycles. The van der Waals surface area contributed by atoms with E-state index in [1.807, 2.05) is 4.90 Å². The van der Waals surface area contributed by atoms with Crippen molar-refractivity contribution in [1.29, 1.82) is 0 Å². The fourth-order valence-electron chi connectivity index (χ4n) is 2.93. The van der Waals surface area contributed by atoms with Crippen LogP contribution in [-0.4, -0.2) is 35.8 Å². The van der Waals surface area contributed by atoms with Gasteiger partial charge in [-0.15, -0.1) is 0 Å². The third-order valence-electron chi connectivity index (χ3n) is 3.98. The van der Waals surface area contributed by atoms with Gasteiger partial charge in [-0.3, -0.25) is 9.59 Å². The van der Waals surface area contributed by atoms with Crippen molar-refractivity contribution in [2.75, 3.05) is 13.1 Å². The Hall–Kier alpha value is -1.06. The summed E-state index contributed by atoms with van der Waals surface area (Å²) in [6, 6.07) is 0.403. The number of nitrogens with zero attached hydrogens (tertiary/aromatic N) is 1. The zero-order valence-corrected chi connectivity index (χ0v) is 11.4. The summed E-state index contributed by atoms with van der Waals surface area (Å²) in [4.78, 5) is 25.9. The highest BCUT2D eigenvalue weighted by atomic mass is 16.2. The Morgan fingerprint density at radius 3 is 2.67 bits per heavy atom. The van der Waals surface area contributed by atoms with Gasteiger partial charge in [0.25, 0.3) is 0 Å². The molecule has 4 nitrogen and oxygen atoms in total. The first-order chi connectivity index (χ1) is 8.58. The molecule has 102 valence electrons. The third kappa shape index (κ3) is 3.03. The molecule has 2 amide bonds. The van der Waals surface area contributed by atoms with Gasteiger partial charge in [0.15, 0.2) is 0 Å². The van der Waals surface area contributed by atoms with Crippen LogP contribution in [0.1, 0.15) is 46.0 Å². The number of hydrogen-bond acceptors (Lipinski definition) is 2. The van der Waals surface area contributed by atoms with Crippen molar-refractivity contribution in [2.45, 2.75) is 52.0 Å². The van der Waals surface area contributed by atoms with Gasteiger partial charge in [-0.1, -0.05) is 26.7 Å². The van der Waals surface area contributed by atoms with Crippen LogP contribution in [0.5, 0.6) is 0 Å². The monoisotopic (exact) mass is 252 g/mol. The van der Waals surface area contributed by atoms with Crippen LogP contribution in [0.15, 0.2) is 0 Å². The molecular weight excluding hydrogens is 228 g/mol. The summed E-state index contributed by atoms with van der Waals surface area (Å²) < 4.78 is 0. The number of hydrogen-bond donors (Lipinski definition) is 1. The van der Waals surface area contributed by atoms with E-state index in [4.69, 9.17) is 0 Å². The molecule has 1 atom stereocenters. The highest BCUT2D eigenvalue weighted by Gasteiger charge is 2.38. The average Bonchev–Trinajstić information content (AvgIpc) is 2.94. The molecule has 1 unspecified atom stereocenters. The summed E-state index contributed by atoms with van der Waals surface area (Å²) in [5.41, 5.74) is 0. The van der Waals surface area contributed by atoms with Crippen molar-refractivity contribution in [2.24, 2.45) is 11.8 Å². The third-order valence-corrected chi connectivity index (χ3v) is 3.98. The van der Waals surface area contributed by atoms with Gasteiger partial charge in [-0.25, -0.2) is 0 Å². The lowest BCUT2D eigenvalue weighted by molar-refractivity contribution is -0.130. The highest BCUT2D eigenvalue weighted by Crippen LogP contribution is 2.29. The van der Waals surface area contributed by atoms with Gasteiger partial charge >= 0.3 is 0 Å². The van der Waals surface area contributed by atoms with Crippen molar-refractivity contribution in [3.8, 4) is 0 Å². The fourth-order valence-corrected chi connectivity index (χ4v) is 2.93. The Labute approximate surface area is 109 Å². The van der Waals surface area contributed by atoms with Gasteiger partial charge in [-0.05, 0) is 18.8 Å². The van der Waals surface area contributed by atoms with Crippen LogP contribution < -0.4 is 5.32 Å². The predicted molar refractivity (Wildman–Crippen MR) is 69.9 cm³/mol. The van der Waals surface area contributed by atoms with Crippen molar-refractivity contribution >= 4 is 11.8 Å². The first-order valence-corrected chi connectivity index (χ1v) is 7.15. The predicted octanol–water partition coefficient (Wildman–Crippen LogP) is 1.55. The molecule has 18 heavy (non-hydrogen) atoms. The lowest BCUT2D eigenvalue weighted by atomic mass is 10.1. The van der Waals surface area contributed by atoms with Crippen LogP contribution in [-0.2, 0) is 9.59 Å². The Balaban J connectivity index is 1.85. The maximum atomic E-state index is 12.0. The number of carbonyl (C=O) groups is 2. The smallest absolute Gasteiger partial charge is 0.225 e. The van der Waals surface area contributed by atoms with Gasteiger partial charge in [-0.2, -0.15) is 0 Å². The normalized spacial score (nSPS) is 25.2. The molecule has 1 heterocycles. The van der Waals surface area contributed by atoms with Crippen molar-refractivity contribution in [1.82, 2.24) is 10.2 Å². The minimum Gasteiger partial charge on any atom is -0.356 e. The summed E-state index contributed by atoms with van der Waals surface area (Å²) >= 11 is 0. The molecule has 2 rings (SSSR count). The van der Waals surface area contributed by atoms with E-state index in [2.05, 4.69) is 19.2 Å². The lowest BCUT2D eigenvalue weighted by Crippen LogP contribution is -2.37. The van der Waals surface area contributed by atoms with Gasteiger partial charge in [0.2, 0.25) is 11.8 Å². The molecule has 2 aliphatic rings. The Bertz CT molecular complexity index is 322. The summed E-state index contributed by atoms with van der Waals surface area (Å²) in [5, 5.41) is 2.94. The number of nitrogens with one attached hydrogen (secondary N) is 1. The van der Waals surface area contributed by atoms with Crippen LogP contribution in [0.3, 0.4) is 0 Å². The molecule has 1 aliphatic carbocycles. The molecule has 0 spiro atoms. The molecule has 0 aromatic rings. The number of amides is 2. The van der Waals surface area contributed by atoms with Crippen molar-refractivity contribution in [3.63, 3.8) is 0 Å². The first kappa shape index (κ1) is 13.4. The van der Waals surface area contributed by atoms with E-state index < -0.39 is 0 Å². The molecule has 0 radical (unpaired) electrons. The van der Waals surface area contributed by atoms with Crippen LogP contribution in [0, 0.1) is 11.8 Å². The highest BCUT2D eigenvalue weighted by molar-refractivity contribution is 5.89. The van der Waals surface area contributed by atoms with E-state index in [-0.39, 0.29) is 17.7 Å². The number of rotatable bonds is 4. The number of likely N-dealkylation sites (tertiary alicyclic amines) is 1. The van der Waals surface area contributed by atoms with E-state index >= 15 is 0 Å². The van der Waals surface area contributed by atoms with Crippen LogP contribution >= 0.6 is 0 Å². The molecule has 2 fully saturated rings. The van der Waals surface area contributed by atoms with E-state index in [0.717, 1.165) is 12.8 Å². The van der Waals surface area contributed by atoms with Gasteiger partial charge < -0.3 is 10.2 Å². The molecule has 0 aromatic carbocycles. The number of carbonyl (C=O) groups excluding carboxylic acids is 2. The minimum atomic E-state index is -0.128. The Morgan fingerprint density at radius 1 is 1.39 bits per heavy atom. The SMILES string of the molecule is CC(C)CNC(=O)C1CC(=O)N(C2CCCC2)C1. The summed E-state index contributed by atoms with van der Waals surface area (Å²) in [6.07, 6.45) is 5.08. The Morgan fingerprint density at radius 2 is 2.06 bits per heavy atom. The minimum absolute atomic E-state index is 0.0533. The van der Waals surface area contributed by atoms with E-state index in [1.54, 1.807) is 0 Å². The zero-order valence-electron chi connectivity index (χ0n) is 11.4. The second kappa shape index (κ2) is 5.72. The molecule has 0 aromatic heterocycles. The average molecular weight is 252 g/mol. The van der Waals surface area contributed by atoms with Crippen LogP contribution in [0.2, 0.25) is 0 Å². The maximum absolute atomic E-state index is 12.0. The van der Waals surface area contributed by atoms with Crippen LogP contribution in [0.25, 0.3) is 0 Å². The van der Waals surface area contributed by atoms with Crippen molar-refractivity contribution in [3.05, 3.63) is 0 Å². The summed E-state index contributed by atoms with van der Waals surface area (Å²) in [5.74, 6) is 0.554. The maximum Gasteiger partial charge on any atom is 0.225 e. The molecule has 0 bridgehead atoms. The largest absolute Gasteiger partial charge is 0.356 e.